The normalized spacial score (nSPS) is 14.9. The van der Waals surface area contributed by atoms with Crippen LogP contribution in [-0.4, -0.2) is 62.8 Å². The molecule has 0 amide bonds. The van der Waals surface area contributed by atoms with Crippen molar-refractivity contribution in [3.63, 3.8) is 0 Å². The van der Waals surface area contributed by atoms with Crippen molar-refractivity contribution in [2.75, 3.05) is 33.9 Å². The van der Waals surface area contributed by atoms with Gasteiger partial charge in [-0.25, -0.2) is 0 Å². The summed E-state index contributed by atoms with van der Waals surface area (Å²) in [6.07, 6.45) is 30.7. The zero-order chi connectivity index (χ0) is 46.5. The quantitative estimate of drug-likeness (QED) is 0.0344. The summed E-state index contributed by atoms with van der Waals surface area (Å²) in [7, 11) is 3.97. The maximum absolute atomic E-state index is 12.7. The fourth-order valence-electron chi connectivity index (χ4n) is 8.31. The number of nitrogens with zero attached hydrogens (tertiary/aromatic N) is 1. The van der Waals surface area contributed by atoms with Crippen molar-refractivity contribution in [3.05, 3.63) is 23.3 Å². The Morgan fingerprint density at radius 2 is 0.742 bits per heavy atom. The monoisotopic (exact) mass is 874 g/mol. The van der Waals surface area contributed by atoms with Crippen LogP contribution in [0.15, 0.2) is 23.3 Å². The van der Waals surface area contributed by atoms with Crippen LogP contribution in [0.25, 0.3) is 0 Å². The number of esters is 3. The van der Waals surface area contributed by atoms with Crippen molar-refractivity contribution in [1.29, 1.82) is 0 Å². The van der Waals surface area contributed by atoms with Gasteiger partial charge in [-0.3, -0.25) is 14.4 Å². The molecule has 0 aromatic carbocycles. The second kappa shape index (κ2) is 39.2. The lowest BCUT2D eigenvalue weighted by Crippen LogP contribution is -2.21. The Hall–Kier alpha value is -2.15. The summed E-state index contributed by atoms with van der Waals surface area (Å²) in [5.74, 6) is 4.13. The first kappa shape index (κ1) is 59.9. The first-order valence-electron chi connectivity index (χ1n) is 25.9. The number of allylic oxidation sites excluding steroid dienone is 2. The Labute approximate surface area is 385 Å². The fraction of sp³-hybridized carbons (Fsp3) is 0.873. The Bertz CT molecular complexity index is 1100. The van der Waals surface area contributed by atoms with Crippen LogP contribution >= 0.6 is 0 Å². The summed E-state index contributed by atoms with van der Waals surface area (Å²) >= 11 is 0. The first-order chi connectivity index (χ1) is 29.5. The van der Waals surface area contributed by atoms with Crippen LogP contribution < -0.4 is 0 Å². The molecule has 4 atom stereocenters. The molecule has 364 valence electrons. The van der Waals surface area contributed by atoms with E-state index in [1.807, 2.05) is 26.2 Å². The molecule has 0 saturated heterocycles. The van der Waals surface area contributed by atoms with E-state index in [0.29, 0.717) is 45.3 Å². The number of hydrogen-bond donors (Lipinski definition) is 0. The van der Waals surface area contributed by atoms with Gasteiger partial charge in [0.1, 0.15) is 19.3 Å². The Morgan fingerprint density at radius 3 is 1.10 bits per heavy atom. The van der Waals surface area contributed by atoms with Crippen LogP contribution in [0.5, 0.6) is 0 Å². The van der Waals surface area contributed by atoms with Gasteiger partial charge in [-0.1, -0.05) is 156 Å². The Morgan fingerprint density at radius 1 is 0.419 bits per heavy atom. The molecule has 0 bridgehead atoms. The zero-order valence-corrected chi connectivity index (χ0v) is 43.1. The van der Waals surface area contributed by atoms with Gasteiger partial charge in [0.2, 0.25) is 0 Å². The van der Waals surface area contributed by atoms with E-state index in [1.165, 1.54) is 114 Å². The minimum atomic E-state index is -0.340. The summed E-state index contributed by atoms with van der Waals surface area (Å²) in [6, 6.07) is 0. The molecule has 0 saturated carbocycles. The lowest BCUT2D eigenvalue weighted by atomic mass is 9.91. The van der Waals surface area contributed by atoms with Gasteiger partial charge in [-0.2, -0.15) is 0 Å². The highest BCUT2D eigenvalue weighted by Crippen LogP contribution is 2.24. The number of hydrogen-bond acceptors (Lipinski definition) is 7. The molecule has 7 nitrogen and oxygen atoms in total. The molecule has 0 rings (SSSR count). The van der Waals surface area contributed by atoms with E-state index < -0.39 is 0 Å². The minimum Gasteiger partial charge on any atom is -0.462 e. The number of carbonyl (C=O) groups excluding carboxylic acids is 3. The standard InChI is InChI=1S/C55H103NO6/c1-44(2)22-13-24-46(5)26-15-28-48(7)30-17-32-50(9)39-42-60-53(57)36-19-34-52(62-55(59)38-21-41-56(11)12)35-20-37-54(58)61-43-40-51(10)33-18-31-49(8)29-16-27-47(6)25-14-23-45(3)4/h39-40,44-49,52H,13-38,41-43H2,1-12H3/b50-39+,51-40+. The predicted octanol–water partition coefficient (Wildman–Crippen LogP) is 15.4. The van der Waals surface area contributed by atoms with Crippen molar-refractivity contribution in [3.8, 4) is 0 Å². The molecule has 0 aliphatic heterocycles. The summed E-state index contributed by atoms with van der Waals surface area (Å²) in [4.78, 5) is 39.9. The Kier molecular flexibility index (Phi) is 37.9. The maximum Gasteiger partial charge on any atom is 0.306 e. The third-order valence-corrected chi connectivity index (χ3v) is 12.7. The van der Waals surface area contributed by atoms with E-state index in [9.17, 15) is 14.4 Å². The van der Waals surface area contributed by atoms with Gasteiger partial charge in [0.15, 0.2) is 0 Å². The molecule has 0 radical (unpaired) electrons. The van der Waals surface area contributed by atoms with Crippen LogP contribution in [0.3, 0.4) is 0 Å². The van der Waals surface area contributed by atoms with Crippen LogP contribution in [-0.2, 0) is 28.6 Å². The second-order valence-electron chi connectivity index (χ2n) is 21.0. The van der Waals surface area contributed by atoms with Crippen LogP contribution in [0, 0.1) is 35.5 Å². The Balaban J connectivity index is 4.49. The highest BCUT2D eigenvalue weighted by atomic mass is 16.5. The SMILES string of the molecule is C/C(=C\COC(=O)CCCC(CCCC(=O)OC/C=C(\C)CCCC(C)CCCC(C)CCCC(C)C)OC(=O)CCCN(C)C)CCCC(C)CCCC(C)CCCC(C)C. The lowest BCUT2D eigenvalue weighted by Gasteiger charge is -2.18. The van der Waals surface area contributed by atoms with E-state index >= 15 is 0 Å². The maximum atomic E-state index is 12.7. The van der Waals surface area contributed by atoms with Crippen molar-refractivity contribution < 1.29 is 28.6 Å². The molecule has 0 fully saturated rings. The van der Waals surface area contributed by atoms with Gasteiger partial charge in [-0.15, -0.1) is 0 Å². The molecule has 0 aliphatic rings. The summed E-state index contributed by atoms with van der Waals surface area (Å²) in [5.41, 5.74) is 2.54. The van der Waals surface area contributed by atoms with Crippen LogP contribution in [0.2, 0.25) is 0 Å². The minimum absolute atomic E-state index is 0.226. The van der Waals surface area contributed by atoms with Gasteiger partial charge < -0.3 is 19.1 Å². The largest absolute Gasteiger partial charge is 0.462 e. The molecule has 0 spiro atoms. The summed E-state index contributed by atoms with van der Waals surface area (Å²) in [6.45, 7) is 24.5. The molecule has 62 heavy (non-hydrogen) atoms. The highest BCUT2D eigenvalue weighted by Gasteiger charge is 2.17. The summed E-state index contributed by atoms with van der Waals surface area (Å²) < 4.78 is 16.9. The number of carbonyl (C=O) groups is 3. The molecule has 7 heteroatoms. The lowest BCUT2D eigenvalue weighted by molar-refractivity contribution is -0.150. The first-order valence-corrected chi connectivity index (χ1v) is 25.9. The predicted molar refractivity (Wildman–Crippen MR) is 264 cm³/mol. The topological polar surface area (TPSA) is 82.1 Å². The van der Waals surface area contributed by atoms with Gasteiger partial charge in [-0.05, 0) is 140 Å². The van der Waals surface area contributed by atoms with E-state index in [0.717, 1.165) is 61.3 Å². The van der Waals surface area contributed by atoms with E-state index in [-0.39, 0.29) is 36.9 Å². The van der Waals surface area contributed by atoms with E-state index in [1.54, 1.807) is 0 Å². The molecule has 4 unspecified atom stereocenters. The summed E-state index contributed by atoms with van der Waals surface area (Å²) in [5, 5.41) is 0. The molecule has 0 aliphatic carbocycles. The highest BCUT2D eigenvalue weighted by molar-refractivity contribution is 5.70. The average Bonchev–Trinajstić information content (AvgIpc) is 3.17. The van der Waals surface area contributed by atoms with Gasteiger partial charge >= 0.3 is 17.9 Å². The smallest absolute Gasteiger partial charge is 0.306 e. The molecule has 0 heterocycles. The van der Waals surface area contributed by atoms with E-state index in [4.69, 9.17) is 14.2 Å². The third kappa shape index (κ3) is 40.6. The molecular formula is C55H103NO6. The molecular weight excluding hydrogens is 771 g/mol. The number of ether oxygens (including phenoxy) is 3. The third-order valence-electron chi connectivity index (χ3n) is 12.7. The van der Waals surface area contributed by atoms with Crippen molar-refractivity contribution in [2.24, 2.45) is 35.5 Å². The van der Waals surface area contributed by atoms with E-state index in [2.05, 4.69) is 74.1 Å². The van der Waals surface area contributed by atoms with Gasteiger partial charge in [0.25, 0.3) is 0 Å². The van der Waals surface area contributed by atoms with Crippen molar-refractivity contribution >= 4 is 17.9 Å². The fourth-order valence-corrected chi connectivity index (χ4v) is 8.31. The van der Waals surface area contributed by atoms with Crippen LogP contribution in [0.1, 0.15) is 236 Å². The average molecular weight is 874 g/mol. The van der Waals surface area contributed by atoms with Gasteiger partial charge in [0, 0.05) is 19.3 Å². The van der Waals surface area contributed by atoms with Crippen molar-refractivity contribution in [2.45, 2.75) is 242 Å². The zero-order valence-electron chi connectivity index (χ0n) is 43.1. The van der Waals surface area contributed by atoms with Crippen LogP contribution in [0.4, 0.5) is 0 Å². The molecule has 0 N–H and O–H groups in total. The molecule has 0 aromatic heterocycles. The molecule has 0 aromatic rings. The number of rotatable bonds is 41. The second-order valence-corrected chi connectivity index (χ2v) is 21.0. The van der Waals surface area contributed by atoms with Gasteiger partial charge in [0.05, 0.1) is 0 Å². The van der Waals surface area contributed by atoms with Crippen molar-refractivity contribution in [1.82, 2.24) is 4.90 Å².